The van der Waals surface area contributed by atoms with E-state index >= 15 is 0 Å². The van der Waals surface area contributed by atoms with E-state index in [0.29, 0.717) is 3.57 Å². The molecule has 0 unspecified atom stereocenters. The molecule has 0 atom stereocenters. The molecule has 0 heterocycles. The van der Waals surface area contributed by atoms with E-state index in [1.165, 1.54) is 12.1 Å². The quantitative estimate of drug-likeness (QED) is 0.465. The summed E-state index contributed by atoms with van der Waals surface area (Å²) in [4.78, 5) is 0. The highest BCUT2D eigenvalue weighted by Crippen LogP contribution is 2.38. The Bertz CT molecular complexity index is 619. The molecular weight excluding hydrogens is 378 g/mol. The lowest BCUT2D eigenvalue weighted by Gasteiger charge is -2.14. The smallest absolute Gasteiger partial charge is 0.204 e. The van der Waals surface area contributed by atoms with Crippen LogP contribution in [-0.4, -0.2) is 0 Å². The van der Waals surface area contributed by atoms with E-state index < -0.39 is 28.9 Å². The summed E-state index contributed by atoms with van der Waals surface area (Å²) in [6.45, 7) is 0. The van der Waals surface area contributed by atoms with E-state index in [0.717, 1.165) is 24.3 Å². The van der Waals surface area contributed by atoms with Gasteiger partial charge < -0.3 is 0 Å². The summed E-state index contributed by atoms with van der Waals surface area (Å²) in [5.74, 6) is -2.46. The van der Waals surface area contributed by atoms with Crippen molar-refractivity contribution in [3.05, 3.63) is 57.2 Å². The second-order valence-electron chi connectivity index (χ2n) is 3.79. The number of hydrogen-bond acceptors (Lipinski definition) is 0. The van der Waals surface area contributed by atoms with E-state index in [4.69, 9.17) is 0 Å². The molecule has 0 spiro atoms. The average Bonchev–Trinajstić information content (AvgIpc) is 2.32. The van der Waals surface area contributed by atoms with Gasteiger partial charge in [0, 0.05) is 9.13 Å². The first-order valence-corrected chi connectivity index (χ1v) is 6.19. The number of benzene rings is 2. The summed E-state index contributed by atoms with van der Waals surface area (Å²) in [6.07, 6.45) is -4.63. The van der Waals surface area contributed by atoms with Gasteiger partial charge in [0.15, 0.2) is 11.6 Å². The highest BCUT2D eigenvalue weighted by atomic mass is 127. The van der Waals surface area contributed by atoms with Gasteiger partial charge in [-0.3, -0.25) is 0 Å². The molecule has 2 aromatic rings. The third kappa shape index (κ3) is 2.88. The number of alkyl halides is 3. The largest absolute Gasteiger partial charge is 0.417 e. The summed E-state index contributed by atoms with van der Waals surface area (Å²) >= 11 is 1.73. The Morgan fingerprint density at radius 3 is 2.21 bits per heavy atom. The topological polar surface area (TPSA) is 0 Å². The van der Waals surface area contributed by atoms with Crippen molar-refractivity contribution in [2.45, 2.75) is 6.18 Å². The SMILES string of the molecule is Fc1cccc(-c2ccc(I)cc2C(F)(F)F)c1F. The Kier molecular flexibility index (Phi) is 3.80. The van der Waals surface area contributed by atoms with E-state index in [1.54, 1.807) is 22.6 Å². The van der Waals surface area contributed by atoms with Gasteiger partial charge in [0.1, 0.15) is 0 Å². The third-order valence-corrected chi connectivity index (χ3v) is 3.20. The Hall–Kier alpha value is -1.18. The molecule has 0 N–H and O–H groups in total. The van der Waals surface area contributed by atoms with E-state index in [2.05, 4.69) is 0 Å². The minimum absolute atomic E-state index is 0.366. The molecule has 0 aliphatic carbocycles. The monoisotopic (exact) mass is 384 g/mol. The van der Waals surface area contributed by atoms with Gasteiger partial charge in [-0.25, -0.2) is 8.78 Å². The molecule has 0 saturated carbocycles. The molecule has 0 radical (unpaired) electrons. The van der Waals surface area contributed by atoms with Crippen LogP contribution in [0, 0.1) is 15.2 Å². The summed E-state index contributed by atoms with van der Waals surface area (Å²) < 4.78 is 65.9. The lowest BCUT2D eigenvalue weighted by atomic mass is 9.99. The van der Waals surface area contributed by atoms with Crippen LogP contribution < -0.4 is 0 Å². The van der Waals surface area contributed by atoms with Crippen LogP contribution in [-0.2, 0) is 6.18 Å². The molecule has 0 saturated heterocycles. The summed E-state index contributed by atoms with van der Waals surface area (Å²) in [5.41, 5.74) is -1.75. The van der Waals surface area contributed by atoms with Gasteiger partial charge in [0.25, 0.3) is 0 Å². The molecule has 0 amide bonds. The van der Waals surface area contributed by atoms with Crippen LogP contribution in [0.2, 0.25) is 0 Å². The molecule has 2 aromatic carbocycles. The minimum atomic E-state index is -4.63. The van der Waals surface area contributed by atoms with Crippen molar-refractivity contribution in [2.75, 3.05) is 0 Å². The summed E-state index contributed by atoms with van der Waals surface area (Å²) in [7, 11) is 0. The second kappa shape index (κ2) is 5.07. The maximum Gasteiger partial charge on any atom is 0.417 e. The van der Waals surface area contributed by atoms with Crippen molar-refractivity contribution in [1.82, 2.24) is 0 Å². The highest BCUT2D eigenvalue weighted by Gasteiger charge is 2.34. The van der Waals surface area contributed by atoms with Crippen LogP contribution in [0.1, 0.15) is 5.56 Å². The lowest BCUT2D eigenvalue weighted by molar-refractivity contribution is -0.137. The fourth-order valence-corrected chi connectivity index (χ4v) is 2.19. The van der Waals surface area contributed by atoms with Gasteiger partial charge in [-0.1, -0.05) is 18.2 Å². The van der Waals surface area contributed by atoms with Crippen LogP contribution in [0.3, 0.4) is 0 Å². The predicted molar refractivity (Wildman–Crippen MR) is 69.5 cm³/mol. The van der Waals surface area contributed by atoms with E-state index in [9.17, 15) is 22.0 Å². The van der Waals surface area contributed by atoms with Crippen LogP contribution in [0.4, 0.5) is 22.0 Å². The first kappa shape index (κ1) is 14.2. The van der Waals surface area contributed by atoms with Crippen molar-refractivity contribution in [3.8, 4) is 11.1 Å². The molecule has 6 heteroatoms. The van der Waals surface area contributed by atoms with Gasteiger partial charge >= 0.3 is 6.18 Å². The zero-order valence-corrected chi connectivity index (χ0v) is 11.4. The van der Waals surface area contributed by atoms with Gasteiger partial charge in [-0.05, 0) is 46.4 Å². The molecule has 0 aliphatic heterocycles. The van der Waals surface area contributed by atoms with Crippen molar-refractivity contribution in [2.24, 2.45) is 0 Å². The first-order valence-electron chi connectivity index (χ1n) is 5.12. The van der Waals surface area contributed by atoms with Crippen LogP contribution >= 0.6 is 22.6 Å². The maximum atomic E-state index is 13.6. The Balaban J connectivity index is 2.72. The maximum absolute atomic E-state index is 13.6. The highest BCUT2D eigenvalue weighted by molar-refractivity contribution is 14.1. The molecule has 0 bridgehead atoms. The van der Waals surface area contributed by atoms with Crippen LogP contribution in [0.15, 0.2) is 36.4 Å². The predicted octanol–water partition coefficient (Wildman–Crippen LogP) is 5.26. The number of hydrogen-bond donors (Lipinski definition) is 0. The molecule has 100 valence electrons. The lowest BCUT2D eigenvalue weighted by Crippen LogP contribution is -2.08. The van der Waals surface area contributed by atoms with Crippen molar-refractivity contribution in [3.63, 3.8) is 0 Å². The standard InChI is InChI=1S/C13H6F5I/c14-11-3-1-2-9(12(11)15)8-5-4-7(19)6-10(8)13(16,17)18/h1-6H. The molecule has 0 nitrogen and oxygen atoms in total. The van der Waals surface area contributed by atoms with Crippen LogP contribution in [0.25, 0.3) is 11.1 Å². The second-order valence-corrected chi connectivity index (χ2v) is 5.03. The Morgan fingerprint density at radius 2 is 1.58 bits per heavy atom. The van der Waals surface area contributed by atoms with Crippen molar-refractivity contribution >= 4 is 22.6 Å². The van der Waals surface area contributed by atoms with Gasteiger partial charge in [-0.2, -0.15) is 13.2 Å². The fourth-order valence-electron chi connectivity index (χ4n) is 1.70. The zero-order valence-electron chi connectivity index (χ0n) is 9.23. The first-order chi connectivity index (χ1) is 8.80. The van der Waals surface area contributed by atoms with Gasteiger partial charge in [-0.15, -0.1) is 0 Å². The normalized spacial score (nSPS) is 11.7. The molecule has 0 aromatic heterocycles. The van der Waals surface area contributed by atoms with E-state index in [-0.39, 0.29) is 5.56 Å². The third-order valence-electron chi connectivity index (χ3n) is 2.53. The average molecular weight is 384 g/mol. The molecule has 0 fully saturated rings. The number of halogens is 6. The summed E-state index contributed by atoms with van der Waals surface area (Å²) in [5, 5.41) is 0. The minimum Gasteiger partial charge on any atom is -0.204 e. The molecular formula is C13H6F5I. The van der Waals surface area contributed by atoms with Crippen molar-refractivity contribution in [1.29, 1.82) is 0 Å². The molecule has 2 rings (SSSR count). The number of rotatable bonds is 1. The summed E-state index contributed by atoms with van der Waals surface area (Å²) in [6, 6.07) is 6.61. The fraction of sp³-hybridized carbons (Fsp3) is 0.0769. The van der Waals surface area contributed by atoms with Gasteiger partial charge in [0.05, 0.1) is 5.56 Å². The molecule has 19 heavy (non-hydrogen) atoms. The van der Waals surface area contributed by atoms with Gasteiger partial charge in [0.2, 0.25) is 0 Å². The van der Waals surface area contributed by atoms with Crippen molar-refractivity contribution < 1.29 is 22.0 Å². The zero-order chi connectivity index (χ0) is 14.2. The molecule has 0 aliphatic rings. The van der Waals surface area contributed by atoms with Crippen LogP contribution in [0.5, 0.6) is 0 Å². The van der Waals surface area contributed by atoms with E-state index in [1.807, 2.05) is 0 Å². The Labute approximate surface area is 119 Å². The Morgan fingerprint density at radius 1 is 0.895 bits per heavy atom.